The highest BCUT2D eigenvalue weighted by Gasteiger charge is 2.54. The molecule has 0 amide bonds. The van der Waals surface area contributed by atoms with E-state index < -0.39 is 89.8 Å². The Labute approximate surface area is 217 Å². The molecule has 0 aromatic heterocycles. The van der Waals surface area contributed by atoms with Crippen molar-refractivity contribution in [3.63, 3.8) is 0 Å². The fourth-order valence-corrected chi connectivity index (χ4v) is 4.03. The number of hydrogen-bond acceptors (Lipinski definition) is 14. The molecule has 38 heavy (non-hydrogen) atoms. The van der Waals surface area contributed by atoms with Gasteiger partial charge in [-0.25, -0.2) is 0 Å². The molecule has 0 heterocycles. The number of carbonyl (C=O) groups excluding carboxylic acids is 6. The van der Waals surface area contributed by atoms with Crippen LogP contribution in [0.5, 0.6) is 0 Å². The van der Waals surface area contributed by atoms with Gasteiger partial charge in [-0.1, -0.05) is 6.08 Å². The van der Waals surface area contributed by atoms with E-state index >= 15 is 0 Å². The lowest BCUT2D eigenvalue weighted by atomic mass is 9.79. The zero-order chi connectivity index (χ0) is 29.2. The van der Waals surface area contributed by atoms with Crippen LogP contribution in [-0.4, -0.2) is 83.9 Å². The predicted molar refractivity (Wildman–Crippen MR) is 122 cm³/mol. The number of esters is 6. The average Bonchev–Trinajstić information content (AvgIpc) is 2.76. The van der Waals surface area contributed by atoms with E-state index in [0.717, 1.165) is 41.5 Å². The Morgan fingerprint density at radius 2 is 1.32 bits per heavy atom. The molecule has 0 radical (unpaired) electrons. The maximum absolute atomic E-state index is 12.1. The van der Waals surface area contributed by atoms with Crippen molar-refractivity contribution in [2.45, 2.75) is 84.5 Å². The van der Waals surface area contributed by atoms with Gasteiger partial charge < -0.3 is 28.4 Å². The van der Waals surface area contributed by atoms with E-state index in [-0.39, 0.29) is 6.42 Å². The van der Waals surface area contributed by atoms with Crippen molar-refractivity contribution in [1.29, 1.82) is 0 Å². The van der Waals surface area contributed by atoms with Gasteiger partial charge in [-0.15, -0.1) is 0 Å². The molecule has 7 atom stereocenters. The zero-order valence-corrected chi connectivity index (χ0v) is 21.8. The van der Waals surface area contributed by atoms with E-state index in [4.69, 9.17) is 28.4 Å². The van der Waals surface area contributed by atoms with Gasteiger partial charge in [-0.3, -0.25) is 38.9 Å². The SMILES string of the molecule is CC(=O)OC[C@@H](OC(C)=O)[C@@H](OC(C)=O)[C@H](OC(C)=O)[C@H](OC(C)=O)[C@@H]1CC=C[C@@H](OC(C)=O)[C@H]1[N+](=O)[O-]. The second kappa shape index (κ2) is 14.6. The van der Waals surface area contributed by atoms with Crippen LogP contribution in [-0.2, 0) is 57.2 Å². The van der Waals surface area contributed by atoms with Crippen molar-refractivity contribution >= 4 is 35.8 Å². The van der Waals surface area contributed by atoms with E-state index in [9.17, 15) is 38.9 Å². The van der Waals surface area contributed by atoms with Crippen LogP contribution < -0.4 is 0 Å². The third kappa shape index (κ3) is 10.1. The molecule has 0 saturated heterocycles. The number of nitrogens with zero attached hydrogens (tertiary/aromatic N) is 1. The molecule has 15 nitrogen and oxygen atoms in total. The van der Waals surface area contributed by atoms with Crippen LogP contribution >= 0.6 is 0 Å². The molecular weight excluding hydrogens is 514 g/mol. The minimum atomic E-state index is -1.79. The Hall–Kier alpha value is -4.04. The smallest absolute Gasteiger partial charge is 0.303 e. The molecule has 1 aliphatic rings. The first-order valence-corrected chi connectivity index (χ1v) is 11.4. The molecule has 1 aliphatic carbocycles. The molecule has 0 unspecified atom stereocenters. The van der Waals surface area contributed by atoms with Gasteiger partial charge in [-0.2, -0.15) is 0 Å². The first-order valence-electron chi connectivity index (χ1n) is 11.4. The largest absolute Gasteiger partial charge is 0.462 e. The standard InChI is InChI=1S/C23H31NO14/c1-11(25)33-10-19(35-13(3)27)22(37-15(5)29)23(38-16(6)30)21(36-14(4)28)17-8-7-9-18(34-12(2)26)20(17)24(31)32/h7,9,17-23H,8,10H2,1-6H3/t17-,18-,19-,20+,21-,22-,23-/m1/s1. The number of carbonyl (C=O) groups is 6. The van der Waals surface area contributed by atoms with Crippen molar-refractivity contribution in [3.8, 4) is 0 Å². The second-order valence-electron chi connectivity index (χ2n) is 8.35. The normalized spacial score (nSPS) is 21.5. The van der Waals surface area contributed by atoms with Crippen LogP contribution in [0.25, 0.3) is 0 Å². The number of allylic oxidation sites excluding steroid dienone is 1. The van der Waals surface area contributed by atoms with Gasteiger partial charge in [0.25, 0.3) is 6.04 Å². The summed E-state index contributed by atoms with van der Waals surface area (Å²) in [6.07, 6.45) is -5.57. The molecule has 0 aromatic carbocycles. The summed E-state index contributed by atoms with van der Waals surface area (Å²) in [6.45, 7) is 5.39. The summed E-state index contributed by atoms with van der Waals surface area (Å²) in [5.74, 6) is -6.68. The lowest BCUT2D eigenvalue weighted by molar-refractivity contribution is -0.545. The third-order valence-electron chi connectivity index (χ3n) is 5.17. The molecular formula is C23H31NO14. The molecule has 15 heteroatoms. The quantitative estimate of drug-likeness (QED) is 0.107. The summed E-state index contributed by atoms with van der Waals surface area (Å²) in [5, 5.41) is 12.1. The van der Waals surface area contributed by atoms with Gasteiger partial charge in [0.2, 0.25) is 0 Å². The van der Waals surface area contributed by atoms with Gasteiger partial charge >= 0.3 is 35.8 Å². The molecule has 0 saturated carbocycles. The molecule has 0 spiro atoms. The summed E-state index contributed by atoms with van der Waals surface area (Å²) in [6, 6.07) is -1.69. The van der Waals surface area contributed by atoms with Crippen LogP contribution in [0.1, 0.15) is 48.0 Å². The zero-order valence-electron chi connectivity index (χ0n) is 21.8. The Morgan fingerprint density at radius 3 is 1.76 bits per heavy atom. The Bertz CT molecular complexity index is 960. The van der Waals surface area contributed by atoms with Gasteiger partial charge in [0.15, 0.2) is 30.5 Å². The Balaban J connectivity index is 3.75. The predicted octanol–water partition coefficient (Wildman–Crippen LogP) is 0.429. The van der Waals surface area contributed by atoms with Crippen molar-refractivity contribution in [2.75, 3.05) is 6.61 Å². The van der Waals surface area contributed by atoms with Crippen molar-refractivity contribution in [3.05, 3.63) is 22.3 Å². The van der Waals surface area contributed by atoms with Crippen LogP contribution in [0, 0.1) is 16.0 Å². The van der Waals surface area contributed by atoms with E-state index in [1.165, 1.54) is 12.2 Å². The highest BCUT2D eigenvalue weighted by molar-refractivity contribution is 5.69. The van der Waals surface area contributed by atoms with Crippen LogP contribution in [0.4, 0.5) is 0 Å². The van der Waals surface area contributed by atoms with Gasteiger partial charge in [-0.05, 0) is 12.5 Å². The van der Waals surface area contributed by atoms with Crippen LogP contribution in [0.3, 0.4) is 0 Å². The summed E-state index contributed by atoms with van der Waals surface area (Å²) >= 11 is 0. The average molecular weight is 545 g/mol. The number of nitro groups is 1. The molecule has 0 fully saturated rings. The maximum atomic E-state index is 12.1. The lowest BCUT2D eigenvalue weighted by Gasteiger charge is -2.40. The monoisotopic (exact) mass is 545 g/mol. The molecule has 0 N–H and O–H groups in total. The number of rotatable bonds is 12. The van der Waals surface area contributed by atoms with E-state index in [0.29, 0.717) is 0 Å². The lowest BCUT2D eigenvalue weighted by Crippen LogP contribution is -2.58. The minimum absolute atomic E-state index is 0.117. The Kier molecular flexibility index (Phi) is 12.3. The third-order valence-corrected chi connectivity index (χ3v) is 5.17. The number of hydrogen-bond donors (Lipinski definition) is 0. The minimum Gasteiger partial charge on any atom is -0.462 e. The molecule has 0 aromatic rings. The highest BCUT2D eigenvalue weighted by atomic mass is 16.7. The van der Waals surface area contributed by atoms with Gasteiger partial charge in [0.1, 0.15) is 6.61 Å². The van der Waals surface area contributed by atoms with Crippen LogP contribution in [0.2, 0.25) is 0 Å². The molecule has 0 bridgehead atoms. The van der Waals surface area contributed by atoms with Crippen LogP contribution in [0.15, 0.2) is 12.2 Å². The van der Waals surface area contributed by atoms with Crippen molar-refractivity contribution < 1.29 is 62.1 Å². The number of ether oxygens (including phenoxy) is 6. The first-order chi connectivity index (χ1) is 17.6. The molecule has 212 valence electrons. The van der Waals surface area contributed by atoms with Crippen molar-refractivity contribution in [2.24, 2.45) is 5.92 Å². The van der Waals surface area contributed by atoms with E-state index in [1.807, 2.05) is 0 Å². The Morgan fingerprint density at radius 1 is 0.789 bits per heavy atom. The fourth-order valence-electron chi connectivity index (χ4n) is 4.03. The van der Waals surface area contributed by atoms with E-state index in [1.54, 1.807) is 0 Å². The molecule has 1 rings (SSSR count). The van der Waals surface area contributed by atoms with E-state index in [2.05, 4.69) is 0 Å². The topological polar surface area (TPSA) is 201 Å². The molecule has 0 aliphatic heterocycles. The highest BCUT2D eigenvalue weighted by Crippen LogP contribution is 2.34. The van der Waals surface area contributed by atoms with Gasteiger partial charge in [0, 0.05) is 46.5 Å². The van der Waals surface area contributed by atoms with Gasteiger partial charge in [0.05, 0.1) is 5.92 Å². The second-order valence-corrected chi connectivity index (χ2v) is 8.35. The summed E-state index contributed by atoms with van der Waals surface area (Å²) < 4.78 is 31.2. The fraction of sp³-hybridized carbons (Fsp3) is 0.652. The first kappa shape index (κ1) is 32.0. The summed E-state index contributed by atoms with van der Waals surface area (Å²) in [4.78, 5) is 82.5. The maximum Gasteiger partial charge on any atom is 0.303 e. The summed E-state index contributed by atoms with van der Waals surface area (Å²) in [5.41, 5.74) is 0. The summed E-state index contributed by atoms with van der Waals surface area (Å²) in [7, 11) is 0. The van der Waals surface area contributed by atoms with Crippen molar-refractivity contribution in [1.82, 2.24) is 0 Å².